The summed E-state index contributed by atoms with van der Waals surface area (Å²) in [6.45, 7) is 4.20. The average Bonchev–Trinajstić information content (AvgIpc) is 3.02. The van der Waals surface area contributed by atoms with Crippen LogP contribution in [0, 0.1) is 13.8 Å². The number of para-hydroxylation sites is 1. The quantitative estimate of drug-likeness (QED) is 0.714. The largest absolute Gasteiger partial charge is 0.345 e. The van der Waals surface area contributed by atoms with Crippen LogP contribution >= 0.6 is 11.3 Å². The Balaban J connectivity index is 1.43. The molecular formula is C21H22N4O3S. The molecule has 150 valence electrons. The molecule has 1 N–H and O–H groups in total. The number of hydrogen-bond donors (Lipinski definition) is 1. The second-order valence-electron chi connectivity index (χ2n) is 7.20. The summed E-state index contributed by atoms with van der Waals surface area (Å²) in [6, 6.07) is 7.83. The zero-order valence-corrected chi connectivity index (χ0v) is 17.2. The van der Waals surface area contributed by atoms with Crippen molar-refractivity contribution in [1.82, 2.24) is 14.9 Å². The Bertz CT molecular complexity index is 1160. The van der Waals surface area contributed by atoms with Crippen molar-refractivity contribution in [2.45, 2.75) is 33.2 Å². The molecule has 3 heterocycles. The van der Waals surface area contributed by atoms with E-state index in [1.54, 1.807) is 4.90 Å². The van der Waals surface area contributed by atoms with E-state index in [0.29, 0.717) is 16.8 Å². The van der Waals surface area contributed by atoms with E-state index in [0.717, 1.165) is 34.5 Å². The highest BCUT2D eigenvalue weighted by Crippen LogP contribution is 2.27. The normalized spacial score (nSPS) is 13.4. The number of rotatable bonds is 4. The van der Waals surface area contributed by atoms with Crippen LogP contribution in [-0.4, -0.2) is 34.5 Å². The minimum absolute atomic E-state index is 0.103. The molecule has 2 aromatic heterocycles. The Morgan fingerprint density at radius 3 is 2.86 bits per heavy atom. The van der Waals surface area contributed by atoms with Crippen molar-refractivity contribution in [3.8, 4) is 0 Å². The van der Waals surface area contributed by atoms with E-state index in [4.69, 9.17) is 0 Å². The zero-order valence-electron chi connectivity index (χ0n) is 16.4. The topological polar surface area (TPSA) is 84.3 Å². The molecule has 1 aromatic carbocycles. The van der Waals surface area contributed by atoms with E-state index in [1.165, 1.54) is 22.2 Å². The van der Waals surface area contributed by atoms with Crippen LogP contribution in [0.5, 0.6) is 0 Å². The van der Waals surface area contributed by atoms with Crippen molar-refractivity contribution >= 4 is 39.1 Å². The smallest absolute Gasteiger partial charge is 0.262 e. The predicted molar refractivity (Wildman–Crippen MR) is 113 cm³/mol. The standard InChI is InChI=1S/C21H22N4O3S/c1-13-14(2)29-20-19(13)21(28)24(12-23-20)11-17(26)22-10-18(27)25-9-5-7-15-6-3-4-8-16(15)25/h3-4,6,8,12H,5,7,9-11H2,1-2H3,(H,22,26). The Hall–Kier alpha value is -3.00. The van der Waals surface area contributed by atoms with Gasteiger partial charge in [0.15, 0.2) is 0 Å². The molecule has 0 unspecified atom stereocenters. The molecule has 8 heteroatoms. The number of benzene rings is 1. The van der Waals surface area contributed by atoms with Gasteiger partial charge in [-0.15, -0.1) is 11.3 Å². The summed E-state index contributed by atoms with van der Waals surface area (Å²) in [6.07, 6.45) is 3.24. The van der Waals surface area contributed by atoms with E-state index in [-0.39, 0.29) is 24.6 Å². The summed E-state index contributed by atoms with van der Waals surface area (Å²) in [7, 11) is 0. The molecule has 2 amide bonds. The molecule has 1 aliphatic rings. The van der Waals surface area contributed by atoms with Gasteiger partial charge in [0.25, 0.3) is 5.56 Å². The van der Waals surface area contributed by atoms with Gasteiger partial charge in [0.2, 0.25) is 11.8 Å². The Kier molecular flexibility index (Phi) is 5.19. The molecule has 4 rings (SSSR count). The number of amides is 2. The minimum atomic E-state index is -0.392. The predicted octanol–water partition coefficient (Wildman–Crippen LogP) is 2.17. The van der Waals surface area contributed by atoms with Gasteiger partial charge in [0.05, 0.1) is 18.3 Å². The molecule has 0 saturated heterocycles. The first kappa shape index (κ1) is 19.3. The van der Waals surface area contributed by atoms with E-state index < -0.39 is 5.91 Å². The summed E-state index contributed by atoms with van der Waals surface area (Å²) >= 11 is 1.47. The van der Waals surface area contributed by atoms with E-state index in [2.05, 4.69) is 10.3 Å². The van der Waals surface area contributed by atoms with Crippen molar-refractivity contribution in [1.29, 1.82) is 0 Å². The Morgan fingerprint density at radius 1 is 1.24 bits per heavy atom. The first-order chi connectivity index (χ1) is 14.0. The van der Waals surface area contributed by atoms with Crippen molar-refractivity contribution < 1.29 is 9.59 Å². The first-order valence-corrected chi connectivity index (χ1v) is 10.4. The van der Waals surface area contributed by atoms with Gasteiger partial charge in [-0.25, -0.2) is 4.98 Å². The number of aromatic nitrogens is 2. The number of carbonyl (C=O) groups is 2. The van der Waals surface area contributed by atoms with Crippen LogP contribution in [0.2, 0.25) is 0 Å². The van der Waals surface area contributed by atoms with Crippen molar-refractivity contribution in [2.24, 2.45) is 0 Å². The second kappa shape index (κ2) is 7.79. The third kappa shape index (κ3) is 3.67. The highest BCUT2D eigenvalue weighted by Gasteiger charge is 2.22. The maximum Gasteiger partial charge on any atom is 0.262 e. The lowest BCUT2D eigenvalue weighted by atomic mass is 10.0. The number of thiophene rings is 1. The fourth-order valence-corrected chi connectivity index (χ4v) is 4.64. The second-order valence-corrected chi connectivity index (χ2v) is 8.40. The summed E-state index contributed by atoms with van der Waals surface area (Å²) in [5, 5.41) is 3.20. The van der Waals surface area contributed by atoms with Gasteiger partial charge < -0.3 is 10.2 Å². The molecule has 0 atom stereocenters. The third-order valence-corrected chi connectivity index (χ3v) is 6.43. The lowest BCUT2D eigenvalue weighted by Gasteiger charge is -2.29. The highest BCUT2D eigenvalue weighted by atomic mass is 32.1. The Labute approximate surface area is 172 Å². The monoisotopic (exact) mass is 410 g/mol. The number of fused-ring (bicyclic) bond motifs is 2. The number of nitrogens with one attached hydrogen (secondary N) is 1. The first-order valence-electron chi connectivity index (χ1n) is 9.56. The number of nitrogens with zero attached hydrogens (tertiary/aromatic N) is 3. The van der Waals surface area contributed by atoms with Gasteiger partial charge in [-0.2, -0.15) is 0 Å². The molecule has 29 heavy (non-hydrogen) atoms. The van der Waals surface area contributed by atoms with Gasteiger partial charge >= 0.3 is 0 Å². The lowest BCUT2D eigenvalue weighted by molar-refractivity contribution is -0.125. The van der Waals surface area contributed by atoms with Crippen LogP contribution in [0.4, 0.5) is 5.69 Å². The molecule has 0 aliphatic carbocycles. The zero-order chi connectivity index (χ0) is 20.5. The summed E-state index contributed by atoms with van der Waals surface area (Å²) in [4.78, 5) is 45.4. The summed E-state index contributed by atoms with van der Waals surface area (Å²) in [5.74, 6) is -0.549. The molecular weight excluding hydrogens is 388 g/mol. The molecule has 0 radical (unpaired) electrons. The van der Waals surface area contributed by atoms with Crippen molar-refractivity contribution in [3.05, 3.63) is 57.0 Å². The highest BCUT2D eigenvalue weighted by molar-refractivity contribution is 7.18. The van der Waals surface area contributed by atoms with Gasteiger partial charge in [0.1, 0.15) is 11.4 Å². The summed E-state index contributed by atoms with van der Waals surface area (Å²) < 4.78 is 1.29. The van der Waals surface area contributed by atoms with Crippen LogP contribution in [0.3, 0.4) is 0 Å². The molecule has 0 spiro atoms. The molecule has 0 fully saturated rings. The maximum absolute atomic E-state index is 12.7. The number of anilines is 1. The van der Waals surface area contributed by atoms with E-state index in [9.17, 15) is 14.4 Å². The van der Waals surface area contributed by atoms with Crippen LogP contribution < -0.4 is 15.8 Å². The molecule has 3 aromatic rings. The van der Waals surface area contributed by atoms with Gasteiger partial charge in [0, 0.05) is 17.1 Å². The van der Waals surface area contributed by atoms with Gasteiger partial charge in [-0.1, -0.05) is 18.2 Å². The maximum atomic E-state index is 12.7. The fourth-order valence-electron chi connectivity index (χ4n) is 3.66. The SMILES string of the molecule is Cc1sc2ncn(CC(=O)NCC(=O)N3CCCc4ccccc43)c(=O)c2c1C. The number of carbonyl (C=O) groups excluding carboxylic acids is 2. The van der Waals surface area contributed by atoms with Crippen molar-refractivity contribution in [3.63, 3.8) is 0 Å². The van der Waals surface area contributed by atoms with Crippen LogP contribution in [-0.2, 0) is 22.6 Å². The number of aryl methyl sites for hydroxylation is 3. The average molecular weight is 410 g/mol. The van der Waals surface area contributed by atoms with Gasteiger partial charge in [-0.05, 0) is 43.9 Å². The molecule has 0 bridgehead atoms. The molecule has 7 nitrogen and oxygen atoms in total. The van der Waals surface area contributed by atoms with Crippen molar-refractivity contribution in [2.75, 3.05) is 18.0 Å². The van der Waals surface area contributed by atoms with E-state index >= 15 is 0 Å². The van der Waals surface area contributed by atoms with Gasteiger partial charge in [-0.3, -0.25) is 19.0 Å². The van der Waals surface area contributed by atoms with Crippen LogP contribution in [0.25, 0.3) is 10.2 Å². The number of hydrogen-bond acceptors (Lipinski definition) is 5. The fraction of sp³-hybridized carbons (Fsp3) is 0.333. The molecule has 0 saturated carbocycles. The molecule has 1 aliphatic heterocycles. The Morgan fingerprint density at radius 2 is 2.03 bits per heavy atom. The van der Waals surface area contributed by atoms with Crippen LogP contribution in [0.15, 0.2) is 35.4 Å². The lowest BCUT2D eigenvalue weighted by Crippen LogP contribution is -2.43. The van der Waals surface area contributed by atoms with E-state index in [1.807, 2.05) is 38.1 Å². The minimum Gasteiger partial charge on any atom is -0.345 e. The third-order valence-electron chi connectivity index (χ3n) is 5.32. The van der Waals surface area contributed by atoms with Crippen LogP contribution in [0.1, 0.15) is 22.4 Å². The summed E-state index contributed by atoms with van der Waals surface area (Å²) in [5.41, 5.74) is 2.72.